The minimum absolute atomic E-state index is 0.0352. The van der Waals surface area contributed by atoms with Crippen LogP contribution in [0.1, 0.15) is 35.3 Å². The van der Waals surface area contributed by atoms with E-state index in [9.17, 15) is 17.6 Å². The molecular weight excluding hydrogens is 418 g/mol. The van der Waals surface area contributed by atoms with Crippen LogP contribution in [0.25, 0.3) is 0 Å². The molecule has 5 N–H and O–H groups in total. The minimum atomic E-state index is -2.82. The maximum Gasteiger partial charge on any atom is 0.327 e. The first-order chi connectivity index (χ1) is 14.7. The van der Waals surface area contributed by atoms with Crippen LogP contribution in [0.5, 0.6) is 0 Å². The molecule has 8 nitrogen and oxygen atoms in total. The molecule has 1 saturated heterocycles. The fourth-order valence-corrected chi connectivity index (χ4v) is 4.16. The van der Waals surface area contributed by atoms with E-state index in [4.69, 9.17) is 16.2 Å². The number of hydrazone groups is 1. The molecular formula is C19H23F4N7O. The zero-order valence-electron chi connectivity index (χ0n) is 16.7. The summed E-state index contributed by atoms with van der Waals surface area (Å²) in [6.45, 7) is -1.48. The molecule has 0 bridgehead atoms. The van der Waals surface area contributed by atoms with E-state index in [0.717, 1.165) is 29.6 Å². The number of nitrogens with zero attached hydrogens (tertiary/aromatic N) is 4. The van der Waals surface area contributed by atoms with Gasteiger partial charge < -0.3 is 20.8 Å². The van der Waals surface area contributed by atoms with E-state index >= 15 is 0 Å². The molecule has 2 aliphatic heterocycles. The highest BCUT2D eigenvalue weighted by Gasteiger charge is 2.38. The van der Waals surface area contributed by atoms with Gasteiger partial charge in [-0.25, -0.2) is 19.2 Å². The molecule has 2 unspecified atom stereocenters. The predicted molar refractivity (Wildman–Crippen MR) is 104 cm³/mol. The second kappa shape index (κ2) is 8.44. The van der Waals surface area contributed by atoms with E-state index in [1.807, 2.05) is 0 Å². The average Bonchev–Trinajstić information content (AvgIpc) is 3.27. The average molecular weight is 441 g/mol. The molecule has 1 aromatic heterocycles. The number of fused-ring (bicyclic) bond motifs is 1. The van der Waals surface area contributed by atoms with Gasteiger partial charge in [0.05, 0.1) is 18.0 Å². The Morgan fingerprint density at radius 1 is 1.32 bits per heavy atom. The van der Waals surface area contributed by atoms with Crippen LogP contribution in [0.15, 0.2) is 23.3 Å². The molecule has 0 radical (unpaired) electrons. The van der Waals surface area contributed by atoms with Gasteiger partial charge in [-0.15, -0.1) is 0 Å². The molecule has 0 saturated carbocycles. The van der Waals surface area contributed by atoms with E-state index in [1.54, 1.807) is 17.0 Å². The Balaban J connectivity index is 1.43. The third-order valence-electron chi connectivity index (χ3n) is 5.70. The molecule has 0 spiro atoms. The fraction of sp³-hybridized carbons (Fsp3) is 0.474. The quantitative estimate of drug-likeness (QED) is 0.212. The number of hydrogen-bond acceptors (Lipinski definition) is 6. The molecule has 1 aromatic carbocycles. The fourth-order valence-electron chi connectivity index (χ4n) is 4.16. The van der Waals surface area contributed by atoms with Crippen molar-refractivity contribution in [1.29, 1.82) is 0 Å². The van der Waals surface area contributed by atoms with Crippen molar-refractivity contribution in [3.8, 4) is 0 Å². The highest BCUT2D eigenvalue weighted by molar-refractivity contribution is 5.94. The predicted octanol–water partition coefficient (Wildman–Crippen LogP) is 1.30. The third kappa shape index (κ3) is 4.23. The molecule has 31 heavy (non-hydrogen) atoms. The van der Waals surface area contributed by atoms with Gasteiger partial charge in [-0.2, -0.15) is 13.9 Å². The van der Waals surface area contributed by atoms with Gasteiger partial charge in [0.1, 0.15) is 17.7 Å². The van der Waals surface area contributed by atoms with Gasteiger partial charge in [0, 0.05) is 37.8 Å². The third-order valence-corrected chi connectivity index (χ3v) is 5.70. The van der Waals surface area contributed by atoms with Crippen LogP contribution in [0, 0.1) is 11.6 Å². The highest BCUT2D eigenvalue weighted by atomic mass is 19.3. The van der Waals surface area contributed by atoms with Crippen LogP contribution in [-0.2, 0) is 24.9 Å². The first kappa shape index (κ1) is 21.5. The van der Waals surface area contributed by atoms with Crippen molar-refractivity contribution >= 4 is 5.84 Å². The lowest BCUT2D eigenvalue weighted by Gasteiger charge is -2.38. The number of rotatable bonds is 5. The van der Waals surface area contributed by atoms with Crippen LogP contribution < -0.4 is 16.9 Å². The van der Waals surface area contributed by atoms with E-state index in [1.165, 1.54) is 0 Å². The summed E-state index contributed by atoms with van der Waals surface area (Å²) >= 11 is 0. The number of nitrogens with two attached hydrogens (primary N) is 2. The lowest BCUT2D eigenvalue weighted by atomic mass is 9.93. The Hall–Kier alpha value is -2.70. The molecule has 2 aromatic rings. The molecule has 2 aliphatic rings. The summed E-state index contributed by atoms with van der Waals surface area (Å²) in [6.07, 6.45) is -0.191. The van der Waals surface area contributed by atoms with Gasteiger partial charge >= 0.3 is 6.55 Å². The van der Waals surface area contributed by atoms with Crippen molar-refractivity contribution in [1.82, 2.24) is 19.9 Å². The molecule has 3 heterocycles. The maximum absolute atomic E-state index is 14.1. The summed E-state index contributed by atoms with van der Waals surface area (Å²) < 4.78 is 59.8. The second-order valence-corrected chi connectivity index (χ2v) is 7.69. The second-order valence-electron chi connectivity index (χ2n) is 7.69. The zero-order chi connectivity index (χ0) is 22.3. The normalized spacial score (nSPS) is 24.6. The number of benzene rings is 1. The highest BCUT2D eigenvalue weighted by Crippen LogP contribution is 2.34. The summed E-state index contributed by atoms with van der Waals surface area (Å²) in [4.78, 5) is 6.56. The Morgan fingerprint density at radius 2 is 2.10 bits per heavy atom. The Morgan fingerprint density at radius 3 is 2.77 bits per heavy atom. The summed E-state index contributed by atoms with van der Waals surface area (Å²) in [6, 6.07) is 2.70. The number of alkyl halides is 2. The van der Waals surface area contributed by atoms with Crippen molar-refractivity contribution in [3.05, 3.63) is 52.6 Å². The van der Waals surface area contributed by atoms with E-state index in [2.05, 4.69) is 15.0 Å². The molecule has 0 amide bonds. The summed E-state index contributed by atoms with van der Waals surface area (Å²) in [5.41, 5.74) is 15.4. The van der Waals surface area contributed by atoms with Crippen molar-refractivity contribution in [3.63, 3.8) is 0 Å². The number of imidazole rings is 1. The van der Waals surface area contributed by atoms with Crippen LogP contribution in [0.4, 0.5) is 17.6 Å². The molecule has 168 valence electrons. The lowest BCUT2D eigenvalue weighted by Crippen LogP contribution is -2.48. The number of nitrogens with one attached hydrogen (secondary N) is 1. The topological polar surface area (TPSA) is 107 Å². The molecule has 1 fully saturated rings. The van der Waals surface area contributed by atoms with E-state index in [-0.39, 0.29) is 17.4 Å². The van der Waals surface area contributed by atoms with Crippen molar-refractivity contribution in [2.75, 3.05) is 6.61 Å². The van der Waals surface area contributed by atoms with Gasteiger partial charge in [-0.05, 0) is 24.6 Å². The zero-order valence-corrected chi connectivity index (χ0v) is 16.7. The summed E-state index contributed by atoms with van der Waals surface area (Å²) in [5.74, 6) is -0.924. The number of amidine groups is 1. The van der Waals surface area contributed by atoms with Crippen LogP contribution in [-0.4, -0.2) is 45.5 Å². The van der Waals surface area contributed by atoms with E-state index < -0.39 is 30.3 Å². The Kier molecular flexibility index (Phi) is 5.86. The molecule has 0 aliphatic carbocycles. The lowest BCUT2D eigenvalue weighted by molar-refractivity contribution is -0.0535. The number of ether oxygens (including phenoxy) is 1. The first-order valence-corrected chi connectivity index (χ1v) is 9.72. The number of aromatic nitrogens is 2. The van der Waals surface area contributed by atoms with E-state index in [0.29, 0.717) is 31.9 Å². The Bertz CT molecular complexity index is 996. The SMILES string of the molecule is Cn1c(/C(N)=N/NC(F)F)nc2c1CN(C1CO[C@H](c3cc(F)ccc3F)C(N)C1)C2. The van der Waals surface area contributed by atoms with Gasteiger partial charge in [-0.1, -0.05) is 0 Å². The largest absolute Gasteiger partial charge is 0.379 e. The standard InChI is InChI=1S/C19H23F4N7O/c1-29-15-7-30(6-14(15)26-18(29)17(25)27-28-19(22)23)10-5-13(24)16(31-8-10)11-4-9(20)2-3-12(11)21/h2-4,10,13,16,19,28H,5-8,24H2,1H3,(H2,25,27)/t10?,13?,16-/m1/s1. The van der Waals surface area contributed by atoms with Crippen LogP contribution >= 0.6 is 0 Å². The number of halogens is 4. The molecule has 3 atom stereocenters. The smallest absolute Gasteiger partial charge is 0.327 e. The van der Waals surface area contributed by atoms with Crippen molar-refractivity contribution in [2.24, 2.45) is 23.6 Å². The summed E-state index contributed by atoms with van der Waals surface area (Å²) in [5, 5.41) is 3.44. The minimum Gasteiger partial charge on any atom is -0.379 e. The number of hydrogen-bond donors (Lipinski definition) is 3. The first-order valence-electron chi connectivity index (χ1n) is 9.72. The van der Waals surface area contributed by atoms with Gasteiger partial charge in [-0.3, -0.25) is 4.90 Å². The molecule has 4 rings (SSSR count). The monoisotopic (exact) mass is 441 g/mol. The van der Waals surface area contributed by atoms with Crippen molar-refractivity contribution < 1.29 is 22.3 Å². The van der Waals surface area contributed by atoms with Gasteiger partial charge in [0.2, 0.25) is 0 Å². The summed E-state index contributed by atoms with van der Waals surface area (Å²) in [7, 11) is 1.74. The Labute approximate surface area is 175 Å². The van der Waals surface area contributed by atoms with Crippen molar-refractivity contribution in [2.45, 2.75) is 44.2 Å². The molecule has 12 heteroatoms. The van der Waals surface area contributed by atoms with Crippen LogP contribution in [0.2, 0.25) is 0 Å². The van der Waals surface area contributed by atoms with Gasteiger partial charge in [0.25, 0.3) is 0 Å². The van der Waals surface area contributed by atoms with Gasteiger partial charge in [0.15, 0.2) is 11.7 Å². The maximum atomic E-state index is 14.1. The van der Waals surface area contributed by atoms with Crippen LogP contribution in [0.3, 0.4) is 0 Å².